The number of rotatable bonds is 9. The number of sulfone groups is 1. The average Bonchev–Trinajstić information content (AvgIpc) is 2.64. The first-order chi connectivity index (χ1) is 13.4. The molecule has 1 heterocycles. The molecular weight excluding hydrogens is 510 g/mol. The van der Waals surface area contributed by atoms with Gasteiger partial charge in [-0.2, -0.15) is 0 Å². The Bertz CT molecular complexity index is 749. The summed E-state index contributed by atoms with van der Waals surface area (Å²) >= 11 is 0. The molecule has 29 heavy (non-hydrogen) atoms. The number of hydrogen-bond acceptors (Lipinski definition) is 5. The molecule has 1 aromatic carbocycles. The Hall–Kier alpha value is -1.14. The highest BCUT2D eigenvalue weighted by molar-refractivity contribution is 14.0. The molecular formula is C19H32FIN4O3S. The van der Waals surface area contributed by atoms with E-state index in [1.54, 1.807) is 12.1 Å². The highest BCUT2D eigenvalue weighted by atomic mass is 127. The quantitative estimate of drug-likeness (QED) is 0.215. The van der Waals surface area contributed by atoms with Gasteiger partial charge in [0.25, 0.3) is 0 Å². The van der Waals surface area contributed by atoms with E-state index in [0.29, 0.717) is 19.1 Å². The van der Waals surface area contributed by atoms with Crippen LogP contribution in [0, 0.1) is 5.82 Å². The summed E-state index contributed by atoms with van der Waals surface area (Å²) < 4.78 is 41.0. The second-order valence-corrected chi connectivity index (χ2v) is 9.17. The van der Waals surface area contributed by atoms with Crippen LogP contribution in [0.1, 0.15) is 19.8 Å². The lowest BCUT2D eigenvalue weighted by molar-refractivity contribution is 0.157. The number of nitrogens with one attached hydrogen (secondary N) is 2. The van der Waals surface area contributed by atoms with E-state index in [-0.39, 0.29) is 48.2 Å². The smallest absolute Gasteiger partial charge is 0.191 e. The van der Waals surface area contributed by atoms with Crippen LogP contribution in [-0.4, -0.2) is 71.8 Å². The number of halogens is 2. The number of guanidine groups is 1. The van der Waals surface area contributed by atoms with Crippen LogP contribution in [-0.2, 0) is 14.6 Å². The fourth-order valence-corrected chi connectivity index (χ4v) is 3.47. The first-order valence-corrected chi connectivity index (χ1v) is 11.7. The Morgan fingerprint density at radius 2 is 2.17 bits per heavy atom. The van der Waals surface area contributed by atoms with Gasteiger partial charge in [0.15, 0.2) is 5.96 Å². The Labute approximate surface area is 190 Å². The molecule has 0 amide bonds. The largest absolute Gasteiger partial charge is 0.378 e. The van der Waals surface area contributed by atoms with Gasteiger partial charge in [0, 0.05) is 37.6 Å². The summed E-state index contributed by atoms with van der Waals surface area (Å²) in [7, 11) is -3.00. The van der Waals surface area contributed by atoms with Crippen molar-refractivity contribution >= 4 is 45.5 Å². The maximum absolute atomic E-state index is 13.5. The van der Waals surface area contributed by atoms with Crippen molar-refractivity contribution in [2.75, 3.05) is 56.3 Å². The molecule has 7 nitrogen and oxygen atoms in total. The van der Waals surface area contributed by atoms with Crippen molar-refractivity contribution in [1.29, 1.82) is 0 Å². The third-order valence-electron chi connectivity index (χ3n) is 4.38. The summed E-state index contributed by atoms with van der Waals surface area (Å²) in [4.78, 5) is 6.68. The number of anilines is 1. The summed E-state index contributed by atoms with van der Waals surface area (Å²) in [6, 6.07) is 6.89. The lowest BCUT2D eigenvalue weighted by Crippen LogP contribution is -2.51. The van der Waals surface area contributed by atoms with E-state index in [9.17, 15) is 12.8 Å². The Kier molecular flexibility index (Phi) is 11.8. The van der Waals surface area contributed by atoms with Gasteiger partial charge in [0.1, 0.15) is 15.7 Å². The average molecular weight is 542 g/mol. The fourth-order valence-electron chi connectivity index (χ4n) is 3.05. The third kappa shape index (κ3) is 10.4. The number of benzene rings is 1. The van der Waals surface area contributed by atoms with E-state index in [2.05, 4.69) is 20.5 Å². The molecule has 0 aliphatic carbocycles. The van der Waals surface area contributed by atoms with Gasteiger partial charge in [-0.05, 0) is 38.0 Å². The van der Waals surface area contributed by atoms with Crippen molar-refractivity contribution in [1.82, 2.24) is 10.6 Å². The number of nitrogens with zero attached hydrogens (tertiary/aromatic N) is 2. The topological polar surface area (TPSA) is 83.0 Å². The highest BCUT2D eigenvalue weighted by Crippen LogP contribution is 2.20. The summed E-state index contributed by atoms with van der Waals surface area (Å²) in [5.41, 5.74) is 0.896. The minimum Gasteiger partial charge on any atom is -0.378 e. The van der Waals surface area contributed by atoms with Crippen molar-refractivity contribution in [2.45, 2.75) is 25.8 Å². The minimum atomic E-state index is -3.00. The standard InChI is InChI=1S/C19H31FN4O3S.HI/c1-3-21-19(22-9-11-27-12-13-28(2,25)26)23-17-7-5-10-24(15-17)18-8-4-6-16(20)14-18;/h4,6,8,14,17H,3,5,7,9-13,15H2,1-2H3,(H2,21,22,23);1H. The molecule has 1 unspecified atom stereocenters. The van der Waals surface area contributed by atoms with Crippen LogP contribution >= 0.6 is 24.0 Å². The van der Waals surface area contributed by atoms with Crippen LogP contribution in [0.3, 0.4) is 0 Å². The maximum atomic E-state index is 13.5. The van der Waals surface area contributed by atoms with Crippen LogP contribution in [0.25, 0.3) is 0 Å². The lowest BCUT2D eigenvalue weighted by Gasteiger charge is -2.35. The number of aliphatic imine (C=N–C) groups is 1. The Morgan fingerprint density at radius 1 is 1.38 bits per heavy atom. The molecule has 166 valence electrons. The zero-order valence-corrected chi connectivity index (χ0v) is 20.2. The molecule has 1 fully saturated rings. The van der Waals surface area contributed by atoms with Crippen LogP contribution in [0.5, 0.6) is 0 Å². The van der Waals surface area contributed by atoms with E-state index in [1.165, 1.54) is 12.3 Å². The van der Waals surface area contributed by atoms with Crippen molar-refractivity contribution in [2.24, 2.45) is 4.99 Å². The molecule has 0 radical (unpaired) electrons. The van der Waals surface area contributed by atoms with Gasteiger partial charge in [-0.25, -0.2) is 12.8 Å². The van der Waals surface area contributed by atoms with E-state index in [1.807, 2.05) is 13.0 Å². The molecule has 10 heteroatoms. The van der Waals surface area contributed by atoms with Gasteiger partial charge >= 0.3 is 0 Å². The van der Waals surface area contributed by atoms with E-state index in [0.717, 1.165) is 38.2 Å². The second-order valence-electron chi connectivity index (χ2n) is 6.91. The molecule has 0 spiro atoms. The van der Waals surface area contributed by atoms with Gasteiger partial charge in [0.2, 0.25) is 0 Å². The molecule has 0 saturated carbocycles. The third-order valence-corrected chi connectivity index (χ3v) is 5.29. The van der Waals surface area contributed by atoms with Gasteiger partial charge < -0.3 is 20.3 Å². The second kappa shape index (κ2) is 13.2. The highest BCUT2D eigenvalue weighted by Gasteiger charge is 2.21. The van der Waals surface area contributed by atoms with Crippen molar-refractivity contribution in [3.63, 3.8) is 0 Å². The fraction of sp³-hybridized carbons (Fsp3) is 0.632. The van der Waals surface area contributed by atoms with Gasteiger partial charge in [0.05, 0.1) is 25.5 Å². The maximum Gasteiger partial charge on any atom is 0.191 e. The number of hydrogen-bond donors (Lipinski definition) is 2. The molecule has 1 aromatic rings. The molecule has 2 rings (SSSR count). The number of ether oxygens (including phenoxy) is 1. The van der Waals surface area contributed by atoms with Gasteiger partial charge in [-0.3, -0.25) is 4.99 Å². The molecule has 0 bridgehead atoms. The van der Waals surface area contributed by atoms with Crippen molar-refractivity contribution < 1.29 is 17.5 Å². The molecule has 2 N–H and O–H groups in total. The minimum absolute atomic E-state index is 0. The van der Waals surface area contributed by atoms with Gasteiger partial charge in [-0.15, -0.1) is 24.0 Å². The van der Waals surface area contributed by atoms with Crippen LogP contribution in [0.15, 0.2) is 29.3 Å². The molecule has 1 aliphatic heterocycles. The van der Waals surface area contributed by atoms with Crippen LogP contribution in [0.4, 0.5) is 10.1 Å². The first kappa shape index (κ1) is 25.9. The lowest BCUT2D eigenvalue weighted by atomic mass is 10.0. The zero-order valence-electron chi connectivity index (χ0n) is 17.1. The molecule has 1 atom stereocenters. The zero-order chi connectivity index (χ0) is 20.4. The first-order valence-electron chi connectivity index (χ1n) is 9.68. The summed E-state index contributed by atoms with van der Waals surface area (Å²) in [5.74, 6) is 0.506. The van der Waals surface area contributed by atoms with Crippen LogP contribution < -0.4 is 15.5 Å². The summed E-state index contributed by atoms with van der Waals surface area (Å²) in [6.45, 7) is 5.41. The predicted molar refractivity (Wildman–Crippen MR) is 127 cm³/mol. The normalized spacial score (nSPS) is 17.6. The predicted octanol–water partition coefficient (Wildman–Crippen LogP) is 2.03. The Balaban J connectivity index is 0.00000420. The summed E-state index contributed by atoms with van der Waals surface area (Å²) in [6.07, 6.45) is 3.22. The van der Waals surface area contributed by atoms with E-state index < -0.39 is 9.84 Å². The van der Waals surface area contributed by atoms with Crippen molar-refractivity contribution in [3.8, 4) is 0 Å². The molecule has 0 aromatic heterocycles. The monoisotopic (exact) mass is 542 g/mol. The number of piperidine rings is 1. The van der Waals surface area contributed by atoms with E-state index in [4.69, 9.17) is 4.74 Å². The molecule has 1 aliphatic rings. The van der Waals surface area contributed by atoms with Gasteiger partial charge in [-0.1, -0.05) is 6.07 Å². The SMILES string of the molecule is CCNC(=NCCOCCS(C)(=O)=O)NC1CCCN(c2cccc(F)c2)C1.I. The Morgan fingerprint density at radius 3 is 2.86 bits per heavy atom. The molecule has 1 saturated heterocycles. The summed E-state index contributed by atoms with van der Waals surface area (Å²) in [5, 5.41) is 6.66. The van der Waals surface area contributed by atoms with Crippen LogP contribution in [0.2, 0.25) is 0 Å². The van der Waals surface area contributed by atoms with E-state index >= 15 is 0 Å². The van der Waals surface area contributed by atoms with Crippen molar-refractivity contribution in [3.05, 3.63) is 30.1 Å².